The minimum atomic E-state index is -1.82. The molecule has 0 radical (unpaired) electrons. The second-order valence-corrected chi connectivity index (χ2v) is 17.3. The fourth-order valence-corrected chi connectivity index (χ4v) is 8.01. The van der Waals surface area contributed by atoms with Crippen molar-refractivity contribution in [3.63, 3.8) is 0 Å². The average molecular weight is 444 g/mol. The number of aryl methyl sites for hydroxylation is 1. The van der Waals surface area contributed by atoms with Crippen LogP contribution in [-0.2, 0) is 6.42 Å². The molecular formula is C27H45NO2Si. The van der Waals surface area contributed by atoms with E-state index in [1.54, 1.807) is 5.56 Å². The molecule has 4 heteroatoms. The molecule has 0 heterocycles. The molecule has 5 unspecified atom stereocenters. The van der Waals surface area contributed by atoms with Gasteiger partial charge in [-0.1, -0.05) is 33.8 Å². The summed E-state index contributed by atoms with van der Waals surface area (Å²) in [6.07, 6.45) is 8.71. The zero-order chi connectivity index (χ0) is 22.7. The predicted molar refractivity (Wildman–Crippen MR) is 132 cm³/mol. The first-order chi connectivity index (χ1) is 14.4. The van der Waals surface area contributed by atoms with E-state index in [0.29, 0.717) is 24.3 Å². The standard InChI is InChI=1S/C27H45NO2Si/c1-25(2,3)31(5,6)30-20-9-11-21-19(18-20)8-10-23-22(21)12-15-26(4)24(23)13-16-27(26,29)14-7-17-28/h9,11,18,22-24,29H,7-8,10,12-17,28H2,1-6H3. The minimum Gasteiger partial charge on any atom is -0.543 e. The van der Waals surface area contributed by atoms with E-state index in [0.717, 1.165) is 37.9 Å². The van der Waals surface area contributed by atoms with Crippen LogP contribution in [0, 0.1) is 17.3 Å². The van der Waals surface area contributed by atoms with E-state index in [1.165, 1.54) is 24.8 Å². The topological polar surface area (TPSA) is 55.5 Å². The summed E-state index contributed by atoms with van der Waals surface area (Å²) in [6.45, 7) is 14.6. The van der Waals surface area contributed by atoms with Crippen LogP contribution in [0.2, 0.25) is 18.1 Å². The molecule has 3 N–H and O–H groups in total. The lowest BCUT2D eigenvalue weighted by atomic mass is 9.53. The van der Waals surface area contributed by atoms with Crippen molar-refractivity contribution in [2.75, 3.05) is 6.54 Å². The minimum absolute atomic E-state index is 0.0617. The normalized spacial score (nSPS) is 35.3. The number of nitrogens with two attached hydrogens (primary N) is 1. The van der Waals surface area contributed by atoms with Gasteiger partial charge in [-0.15, -0.1) is 0 Å². The first-order valence-electron chi connectivity index (χ1n) is 12.7. The van der Waals surface area contributed by atoms with E-state index < -0.39 is 13.9 Å². The van der Waals surface area contributed by atoms with Crippen LogP contribution < -0.4 is 10.2 Å². The quantitative estimate of drug-likeness (QED) is 0.518. The van der Waals surface area contributed by atoms with E-state index >= 15 is 0 Å². The summed E-state index contributed by atoms with van der Waals surface area (Å²) in [4.78, 5) is 0. The lowest BCUT2D eigenvalue weighted by Gasteiger charge is -2.53. The summed E-state index contributed by atoms with van der Waals surface area (Å²) in [5.74, 6) is 3.08. The van der Waals surface area contributed by atoms with Crippen molar-refractivity contribution in [2.24, 2.45) is 23.0 Å². The summed E-state index contributed by atoms with van der Waals surface area (Å²) in [5, 5.41) is 11.8. The summed E-state index contributed by atoms with van der Waals surface area (Å²) in [6, 6.07) is 6.97. The maximum absolute atomic E-state index is 11.6. The van der Waals surface area contributed by atoms with Crippen LogP contribution in [0.1, 0.15) is 89.7 Å². The van der Waals surface area contributed by atoms with Gasteiger partial charge in [-0.05, 0) is 122 Å². The molecule has 0 bridgehead atoms. The van der Waals surface area contributed by atoms with Crippen molar-refractivity contribution in [3.8, 4) is 5.75 Å². The Hall–Kier alpha value is -0.843. The van der Waals surface area contributed by atoms with Gasteiger partial charge in [-0.3, -0.25) is 0 Å². The molecule has 4 rings (SSSR count). The van der Waals surface area contributed by atoms with Gasteiger partial charge < -0.3 is 15.3 Å². The van der Waals surface area contributed by atoms with Crippen molar-refractivity contribution in [3.05, 3.63) is 29.3 Å². The van der Waals surface area contributed by atoms with Crippen molar-refractivity contribution < 1.29 is 9.53 Å². The maximum atomic E-state index is 11.6. The van der Waals surface area contributed by atoms with Crippen LogP contribution in [0.5, 0.6) is 5.75 Å². The van der Waals surface area contributed by atoms with E-state index in [9.17, 15) is 5.11 Å². The molecule has 0 aliphatic heterocycles. The third-order valence-electron chi connectivity index (χ3n) is 9.99. The van der Waals surface area contributed by atoms with Gasteiger partial charge in [0.05, 0.1) is 5.60 Å². The number of fused-ring (bicyclic) bond motifs is 5. The fraction of sp³-hybridized carbons (Fsp3) is 0.778. The zero-order valence-corrected chi connectivity index (χ0v) is 21.8. The van der Waals surface area contributed by atoms with Crippen LogP contribution in [0.3, 0.4) is 0 Å². The van der Waals surface area contributed by atoms with Crippen molar-refractivity contribution in [1.29, 1.82) is 0 Å². The Morgan fingerprint density at radius 2 is 1.90 bits per heavy atom. The largest absolute Gasteiger partial charge is 0.543 e. The summed E-state index contributed by atoms with van der Waals surface area (Å²) in [5.41, 5.74) is 8.42. The molecule has 2 saturated carbocycles. The summed E-state index contributed by atoms with van der Waals surface area (Å²) in [7, 11) is -1.82. The van der Waals surface area contributed by atoms with Gasteiger partial charge in [0, 0.05) is 0 Å². The molecule has 3 aliphatic carbocycles. The molecule has 0 spiro atoms. The molecule has 3 aliphatic rings. The van der Waals surface area contributed by atoms with Crippen molar-refractivity contribution in [2.45, 2.75) is 109 Å². The maximum Gasteiger partial charge on any atom is 0.250 e. The van der Waals surface area contributed by atoms with E-state index in [2.05, 4.69) is 59.0 Å². The van der Waals surface area contributed by atoms with Crippen LogP contribution in [-0.4, -0.2) is 25.6 Å². The highest BCUT2D eigenvalue weighted by molar-refractivity contribution is 6.74. The van der Waals surface area contributed by atoms with Crippen LogP contribution in [0.25, 0.3) is 0 Å². The molecule has 0 saturated heterocycles. The monoisotopic (exact) mass is 443 g/mol. The smallest absolute Gasteiger partial charge is 0.250 e. The third-order valence-corrected chi connectivity index (χ3v) is 14.4. The molecule has 1 aromatic rings. The Morgan fingerprint density at radius 1 is 1.16 bits per heavy atom. The van der Waals surface area contributed by atoms with Gasteiger partial charge in [-0.25, -0.2) is 0 Å². The lowest BCUT2D eigenvalue weighted by molar-refractivity contribution is -0.107. The van der Waals surface area contributed by atoms with Crippen LogP contribution in [0.4, 0.5) is 0 Å². The van der Waals surface area contributed by atoms with Crippen LogP contribution in [0.15, 0.2) is 18.2 Å². The van der Waals surface area contributed by atoms with Crippen LogP contribution >= 0.6 is 0 Å². The molecule has 0 amide bonds. The highest BCUT2D eigenvalue weighted by Crippen LogP contribution is 2.65. The first kappa shape index (κ1) is 23.3. The molecule has 31 heavy (non-hydrogen) atoms. The fourth-order valence-electron chi connectivity index (χ4n) is 6.99. The van der Waals surface area contributed by atoms with Gasteiger partial charge in [0.2, 0.25) is 8.32 Å². The number of benzene rings is 1. The number of aliphatic hydroxyl groups is 1. The summed E-state index contributed by atoms with van der Waals surface area (Å²) < 4.78 is 6.61. The highest BCUT2D eigenvalue weighted by atomic mass is 28.4. The molecule has 3 nitrogen and oxygen atoms in total. The van der Waals surface area contributed by atoms with Crippen molar-refractivity contribution >= 4 is 8.32 Å². The Balaban J connectivity index is 1.55. The number of rotatable bonds is 5. The highest BCUT2D eigenvalue weighted by Gasteiger charge is 2.60. The van der Waals surface area contributed by atoms with Gasteiger partial charge >= 0.3 is 0 Å². The number of hydrogen-bond acceptors (Lipinski definition) is 3. The molecule has 2 fully saturated rings. The summed E-state index contributed by atoms with van der Waals surface area (Å²) >= 11 is 0. The van der Waals surface area contributed by atoms with Gasteiger partial charge in [-0.2, -0.15) is 0 Å². The predicted octanol–water partition coefficient (Wildman–Crippen LogP) is 6.40. The Kier molecular flexibility index (Phi) is 5.93. The number of hydrogen-bond donors (Lipinski definition) is 2. The van der Waals surface area contributed by atoms with Gasteiger partial charge in [0.25, 0.3) is 0 Å². The third kappa shape index (κ3) is 3.81. The molecule has 1 aromatic carbocycles. The molecule has 174 valence electrons. The van der Waals surface area contributed by atoms with E-state index in [1.807, 2.05) is 0 Å². The van der Waals surface area contributed by atoms with E-state index in [-0.39, 0.29) is 10.5 Å². The molecular weight excluding hydrogens is 398 g/mol. The van der Waals surface area contributed by atoms with Gasteiger partial charge in [0.1, 0.15) is 5.75 Å². The van der Waals surface area contributed by atoms with Gasteiger partial charge in [0.15, 0.2) is 0 Å². The lowest BCUT2D eigenvalue weighted by Crippen LogP contribution is -2.51. The average Bonchev–Trinajstić information content (AvgIpc) is 2.96. The SMILES string of the molecule is CC12CCC3c4ccc(O[Si](C)(C)C(C)(C)C)cc4CCC3C1CCC2(O)CCCN. The Bertz CT molecular complexity index is 816. The zero-order valence-electron chi connectivity index (χ0n) is 20.8. The van der Waals surface area contributed by atoms with Crippen molar-refractivity contribution in [1.82, 2.24) is 0 Å². The Morgan fingerprint density at radius 3 is 2.58 bits per heavy atom. The second kappa shape index (κ2) is 7.88. The molecule has 5 atom stereocenters. The first-order valence-corrected chi connectivity index (χ1v) is 15.6. The second-order valence-electron chi connectivity index (χ2n) is 12.6. The molecule has 0 aromatic heterocycles. The Labute approximate surface area is 191 Å². The van der Waals surface area contributed by atoms with E-state index in [4.69, 9.17) is 10.2 Å².